The van der Waals surface area contributed by atoms with Crippen molar-refractivity contribution in [2.45, 2.75) is 39.2 Å². The average Bonchev–Trinajstić information content (AvgIpc) is 2.94. The van der Waals surface area contributed by atoms with E-state index < -0.39 is 12.0 Å². The molecule has 1 aliphatic carbocycles. The highest BCUT2D eigenvalue weighted by Gasteiger charge is 2.25. The van der Waals surface area contributed by atoms with Crippen LogP contribution >= 0.6 is 11.3 Å². The second-order valence-corrected chi connectivity index (χ2v) is 6.55. The summed E-state index contributed by atoms with van der Waals surface area (Å²) in [6, 6.07) is -0.634. The van der Waals surface area contributed by atoms with Gasteiger partial charge in [-0.25, -0.2) is 14.8 Å². The number of nitrogens with one attached hydrogen (secondary N) is 1. The number of hydrogen-bond acceptors (Lipinski definition) is 5. The van der Waals surface area contributed by atoms with Crippen LogP contribution in [0.2, 0.25) is 0 Å². The highest BCUT2D eigenvalue weighted by Crippen LogP contribution is 2.39. The highest BCUT2D eigenvalue weighted by molar-refractivity contribution is 7.19. The Bertz CT molecular complexity index is 666. The van der Waals surface area contributed by atoms with Crippen LogP contribution in [-0.2, 0) is 17.6 Å². The molecule has 106 valence electrons. The molecule has 20 heavy (non-hydrogen) atoms. The summed E-state index contributed by atoms with van der Waals surface area (Å²) in [6.45, 7) is 3.78. The number of aryl methyl sites for hydroxylation is 2. The van der Waals surface area contributed by atoms with Crippen molar-refractivity contribution in [1.82, 2.24) is 9.97 Å². The molecule has 0 aromatic carbocycles. The summed E-state index contributed by atoms with van der Waals surface area (Å²) in [4.78, 5) is 22.3. The molecule has 0 saturated carbocycles. The molecule has 2 N–H and O–H groups in total. The van der Waals surface area contributed by atoms with Gasteiger partial charge in [-0.05, 0) is 30.7 Å². The molecule has 6 heteroatoms. The van der Waals surface area contributed by atoms with Gasteiger partial charge in [0.25, 0.3) is 0 Å². The fourth-order valence-electron chi connectivity index (χ4n) is 2.70. The summed E-state index contributed by atoms with van der Waals surface area (Å²) in [7, 11) is 0. The zero-order valence-corrected chi connectivity index (χ0v) is 12.3. The molecule has 0 saturated heterocycles. The Balaban J connectivity index is 2.05. The first-order chi connectivity index (χ1) is 9.58. The first-order valence-electron chi connectivity index (χ1n) is 6.82. The topological polar surface area (TPSA) is 75.1 Å². The SMILES string of the molecule is CC(C)[C@@H](Nc1ncnc2sc3c(c12)CCC3)C(=O)O. The van der Waals surface area contributed by atoms with Gasteiger partial charge in [-0.2, -0.15) is 0 Å². The van der Waals surface area contributed by atoms with E-state index in [4.69, 9.17) is 0 Å². The van der Waals surface area contributed by atoms with E-state index in [0.717, 1.165) is 29.5 Å². The van der Waals surface area contributed by atoms with E-state index in [-0.39, 0.29) is 5.92 Å². The maximum Gasteiger partial charge on any atom is 0.326 e. The van der Waals surface area contributed by atoms with E-state index in [1.807, 2.05) is 13.8 Å². The molecule has 2 aromatic rings. The molecule has 5 nitrogen and oxygen atoms in total. The van der Waals surface area contributed by atoms with E-state index in [1.165, 1.54) is 16.8 Å². The minimum atomic E-state index is -0.848. The number of fused-ring (bicyclic) bond motifs is 3. The maximum atomic E-state index is 11.4. The predicted molar refractivity (Wildman–Crippen MR) is 79.3 cm³/mol. The Labute approximate surface area is 121 Å². The molecule has 0 fully saturated rings. The lowest BCUT2D eigenvalue weighted by atomic mass is 10.0. The van der Waals surface area contributed by atoms with Gasteiger partial charge in [0.2, 0.25) is 0 Å². The molecule has 0 spiro atoms. The van der Waals surface area contributed by atoms with Crippen molar-refractivity contribution in [2.24, 2.45) is 5.92 Å². The minimum absolute atomic E-state index is 0.0100. The predicted octanol–water partition coefficient (Wildman–Crippen LogP) is 2.70. The molecule has 2 aromatic heterocycles. The molecular weight excluding hydrogens is 274 g/mol. The normalized spacial score (nSPS) is 15.6. The number of carboxylic acid groups (broad SMARTS) is 1. The first-order valence-corrected chi connectivity index (χ1v) is 7.64. The van der Waals surface area contributed by atoms with Gasteiger partial charge in [0.05, 0.1) is 5.39 Å². The van der Waals surface area contributed by atoms with E-state index in [2.05, 4.69) is 15.3 Å². The van der Waals surface area contributed by atoms with Crippen LogP contribution in [0.15, 0.2) is 6.33 Å². The largest absolute Gasteiger partial charge is 0.480 e. The molecule has 2 heterocycles. The van der Waals surface area contributed by atoms with Crippen molar-refractivity contribution >= 4 is 33.3 Å². The fourth-order valence-corrected chi connectivity index (χ4v) is 3.93. The number of rotatable bonds is 4. The van der Waals surface area contributed by atoms with Crippen LogP contribution in [0.1, 0.15) is 30.7 Å². The van der Waals surface area contributed by atoms with Gasteiger partial charge >= 0.3 is 5.97 Å². The lowest BCUT2D eigenvalue weighted by Crippen LogP contribution is -2.34. The monoisotopic (exact) mass is 291 g/mol. The molecule has 1 aliphatic rings. The number of carbonyl (C=O) groups is 1. The standard InChI is InChI=1S/C14H17N3O2S/c1-7(2)11(14(18)19)17-12-10-8-4-3-5-9(8)20-13(10)16-6-15-12/h6-7,11H,3-5H2,1-2H3,(H,18,19)(H,15,16,17)/t11-/m1/s1. The van der Waals surface area contributed by atoms with Gasteiger partial charge in [0.1, 0.15) is 23.0 Å². The summed E-state index contributed by atoms with van der Waals surface area (Å²) >= 11 is 1.71. The summed E-state index contributed by atoms with van der Waals surface area (Å²) in [6.07, 6.45) is 4.81. The third kappa shape index (κ3) is 2.14. The third-order valence-electron chi connectivity index (χ3n) is 3.73. The van der Waals surface area contributed by atoms with E-state index in [9.17, 15) is 9.90 Å². The summed E-state index contributed by atoms with van der Waals surface area (Å²) in [5.74, 6) is -0.196. The second-order valence-electron chi connectivity index (χ2n) is 5.46. The number of anilines is 1. The fraction of sp³-hybridized carbons (Fsp3) is 0.500. The van der Waals surface area contributed by atoms with Crippen molar-refractivity contribution in [1.29, 1.82) is 0 Å². The van der Waals surface area contributed by atoms with Crippen LogP contribution in [0.4, 0.5) is 5.82 Å². The smallest absolute Gasteiger partial charge is 0.326 e. The lowest BCUT2D eigenvalue weighted by molar-refractivity contribution is -0.138. The van der Waals surface area contributed by atoms with Crippen molar-refractivity contribution in [3.8, 4) is 0 Å². The minimum Gasteiger partial charge on any atom is -0.480 e. The van der Waals surface area contributed by atoms with Gasteiger partial charge in [0, 0.05) is 4.88 Å². The lowest BCUT2D eigenvalue weighted by Gasteiger charge is -2.19. The maximum absolute atomic E-state index is 11.4. The van der Waals surface area contributed by atoms with E-state index >= 15 is 0 Å². The van der Waals surface area contributed by atoms with Crippen molar-refractivity contribution in [3.63, 3.8) is 0 Å². The molecule has 0 bridgehead atoms. The van der Waals surface area contributed by atoms with Gasteiger partial charge < -0.3 is 10.4 Å². The van der Waals surface area contributed by atoms with Crippen LogP contribution in [0.3, 0.4) is 0 Å². The average molecular weight is 291 g/mol. The Morgan fingerprint density at radius 2 is 2.20 bits per heavy atom. The van der Waals surface area contributed by atoms with Crippen LogP contribution in [-0.4, -0.2) is 27.1 Å². The molecule has 0 amide bonds. The molecule has 0 unspecified atom stereocenters. The van der Waals surface area contributed by atoms with Crippen molar-refractivity contribution in [2.75, 3.05) is 5.32 Å². The van der Waals surface area contributed by atoms with E-state index in [1.54, 1.807) is 11.3 Å². The molecular formula is C14H17N3O2S. The highest BCUT2D eigenvalue weighted by atomic mass is 32.1. The number of carboxylic acids is 1. The summed E-state index contributed by atoms with van der Waals surface area (Å²) < 4.78 is 0. The Kier molecular flexibility index (Phi) is 3.33. The molecule has 0 aliphatic heterocycles. The number of aliphatic carboxylic acids is 1. The Morgan fingerprint density at radius 1 is 1.40 bits per heavy atom. The zero-order valence-electron chi connectivity index (χ0n) is 11.5. The summed E-state index contributed by atoms with van der Waals surface area (Å²) in [5, 5.41) is 13.4. The second kappa shape index (κ2) is 5.01. The van der Waals surface area contributed by atoms with Gasteiger partial charge in [-0.3, -0.25) is 0 Å². The van der Waals surface area contributed by atoms with Gasteiger partial charge in [0.15, 0.2) is 0 Å². The number of hydrogen-bond donors (Lipinski definition) is 2. The number of aromatic nitrogens is 2. The first kappa shape index (κ1) is 13.3. The van der Waals surface area contributed by atoms with Gasteiger partial charge in [-0.15, -0.1) is 11.3 Å². The number of thiophene rings is 1. The zero-order chi connectivity index (χ0) is 14.3. The van der Waals surface area contributed by atoms with Crippen molar-refractivity contribution < 1.29 is 9.90 Å². The van der Waals surface area contributed by atoms with E-state index in [0.29, 0.717) is 5.82 Å². The van der Waals surface area contributed by atoms with Crippen LogP contribution in [0.25, 0.3) is 10.2 Å². The molecule has 3 rings (SSSR count). The Hall–Kier alpha value is -1.69. The van der Waals surface area contributed by atoms with Crippen molar-refractivity contribution in [3.05, 3.63) is 16.8 Å². The van der Waals surface area contributed by atoms with Crippen LogP contribution in [0, 0.1) is 5.92 Å². The number of nitrogens with zero attached hydrogens (tertiary/aromatic N) is 2. The third-order valence-corrected chi connectivity index (χ3v) is 4.93. The van der Waals surface area contributed by atoms with Crippen LogP contribution < -0.4 is 5.32 Å². The Morgan fingerprint density at radius 3 is 2.90 bits per heavy atom. The summed E-state index contributed by atoms with van der Waals surface area (Å²) in [5.41, 5.74) is 1.31. The van der Waals surface area contributed by atoms with Crippen LogP contribution in [0.5, 0.6) is 0 Å². The van der Waals surface area contributed by atoms with Gasteiger partial charge in [-0.1, -0.05) is 13.8 Å². The quantitative estimate of drug-likeness (QED) is 0.906. The molecule has 0 radical (unpaired) electrons. The molecule has 1 atom stereocenters.